The van der Waals surface area contributed by atoms with Crippen LogP contribution in [0.2, 0.25) is 10.0 Å². The predicted molar refractivity (Wildman–Crippen MR) is 81.2 cm³/mol. The van der Waals surface area contributed by atoms with E-state index in [4.69, 9.17) is 28.9 Å². The highest BCUT2D eigenvalue weighted by atomic mass is 79.9. The van der Waals surface area contributed by atoms with Gasteiger partial charge in [-0.2, -0.15) is 0 Å². The molecule has 2 aromatic rings. The molecule has 0 fully saturated rings. The van der Waals surface area contributed by atoms with Gasteiger partial charge in [0.25, 0.3) is 0 Å². The summed E-state index contributed by atoms with van der Waals surface area (Å²) in [6.07, 6.45) is 0.448. The van der Waals surface area contributed by atoms with E-state index in [0.29, 0.717) is 22.0 Å². The Labute approximate surface area is 129 Å². The van der Waals surface area contributed by atoms with E-state index in [2.05, 4.69) is 15.9 Å². The average molecular weight is 363 g/mol. The lowest BCUT2D eigenvalue weighted by Gasteiger charge is -2.14. The van der Waals surface area contributed by atoms with Crippen LogP contribution in [0.1, 0.15) is 17.2 Å². The summed E-state index contributed by atoms with van der Waals surface area (Å²) in [6.45, 7) is 0. The van der Waals surface area contributed by atoms with E-state index in [1.165, 1.54) is 12.1 Å². The summed E-state index contributed by atoms with van der Waals surface area (Å²) in [5.74, 6) is -0.356. The highest BCUT2D eigenvalue weighted by Crippen LogP contribution is 2.27. The molecule has 0 heterocycles. The van der Waals surface area contributed by atoms with Crippen molar-refractivity contribution in [2.24, 2.45) is 5.73 Å². The van der Waals surface area contributed by atoms with Crippen molar-refractivity contribution in [1.82, 2.24) is 0 Å². The quantitative estimate of drug-likeness (QED) is 0.803. The molecule has 0 aromatic heterocycles. The van der Waals surface area contributed by atoms with Crippen molar-refractivity contribution >= 4 is 39.1 Å². The first-order valence-electron chi connectivity index (χ1n) is 5.62. The van der Waals surface area contributed by atoms with Crippen molar-refractivity contribution in [2.45, 2.75) is 12.5 Å². The van der Waals surface area contributed by atoms with Crippen LogP contribution in [0.25, 0.3) is 0 Å². The first-order chi connectivity index (χ1) is 8.97. The molecule has 2 rings (SSSR count). The lowest BCUT2D eigenvalue weighted by Crippen LogP contribution is -2.15. The minimum Gasteiger partial charge on any atom is -0.324 e. The van der Waals surface area contributed by atoms with Gasteiger partial charge in [-0.15, -0.1) is 0 Å². The Balaban J connectivity index is 2.25. The standard InChI is InChI=1S/C14H11BrCl2FN/c15-9-2-1-8(12(17)6-9)5-14(19)11-7-10(16)3-4-13(11)18/h1-4,6-7,14H,5,19H2. The summed E-state index contributed by atoms with van der Waals surface area (Å²) in [5, 5.41) is 1.07. The van der Waals surface area contributed by atoms with Gasteiger partial charge in [-0.3, -0.25) is 0 Å². The molecule has 0 radical (unpaired) electrons. The Morgan fingerprint density at radius 1 is 1.16 bits per heavy atom. The SMILES string of the molecule is NC(Cc1ccc(Br)cc1Cl)c1cc(Cl)ccc1F. The minimum absolute atomic E-state index is 0.356. The fraction of sp³-hybridized carbons (Fsp3) is 0.143. The third kappa shape index (κ3) is 3.69. The number of hydrogen-bond donors (Lipinski definition) is 1. The van der Waals surface area contributed by atoms with E-state index in [0.717, 1.165) is 10.0 Å². The van der Waals surface area contributed by atoms with Gasteiger partial charge in [0.1, 0.15) is 5.82 Å². The summed E-state index contributed by atoms with van der Waals surface area (Å²) in [5.41, 5.74) is 7.30. The zero-order valence-corrected chi connectivity index (χ0v) is 12.9. The van der Waals surface area contributed by atoms with E-state index in [-0.39, 0.29) is 5.82 Å². The van der Waals surface area contributed by atoms with Gasteiger partial charge >= 0.3 is 0 Å². The van der Waals surface area contributed by atoms with Crippen LogP contribution >= 0.6 is 39.1 Å². The highest BCUT2D eigenvalue weighted by Gasteiger charge is 2.14. The van der Waals surface area contributed by atoms with Gasteiger partial charge in [0.15, 0.2) is 0 Å². The molecule has 1 unspecified atom stereocenters. The van der Waals surface area contributed by atoms with E-state index < -0.39 is 6.04 Å². The molecule has 0 bridgehead atoms. The largest absolute Gasteiger partial charge is 0.324 e. The lowest BCUT2D eigenvalue weighted by atomic mass is 9.99. The van der Waals surface area contributed by atoms with Crippen LogP contribution in [-0.2, 0) is 6.42 Å². The molecule has 0 amide bonds. The molecule has 0 aliphatic carbocycles. The normalized spacial score (nSPS) is 12.5. The Hall–Kier alpha value is -0.610. The molecule has 1 nitrogen and oxygen atoms in total. The third-order valence-electron chi connectivity index (χ3n) is 2.81. The van der Waals surface area contributed by atoms with Gasteiger partial charge in [-0.05, 0) is 42.3 Å². The number of benzene rings is 2. The number of rotatable bonds is 3. The molecule has 100 valence electrons. The predicted octanol–water partition coefficient (Wildman–Crippen LogP) is 5.14. The Morgan fingerprint density at radius 3 is 2.58 bits per heavy atom. The molecule has 2 aromatic carbocycles. The van der Waals surface area contributed by atoms with Crippen molar-refractivity contribution in [1.29, 1.82) is 0 Å². The van der Waals surface area contributed by atoms with Gasteiger partial charge < -0.3 is 5.73 Å². The van der Waals surface area contributed by atoms with Crippen LogP contribution < -0.4 is 5.73 Å². The van der Waals surface area contributed by atoms with E-state index in [1.54, 1.807) is 12.1 Å². The van der Waals surface area contributed by atoms with Crippen molar-refractivity contribution < 1.29 is 4.39 Å². The molecule has 5 heteroatoms. The molecule has 2 N–H and O–H groups in total. The van der Waals surface area contributed by atoms with Gasteiger partial charge in [-0.1, -0.05) is 45.2 Å². The summed E-state index contributed by atoms with van der Waals surface area (Å²) >= 11 is 15.3. The number of nitrogens with two attached hydrogens (primary N) is 1. The maximum atomic E-state index is 13.7. The van der Waals surface area contributed by atoms with Crippen LogP contribution in [0.4, 0.5) is 4.39 Å². The van der Waals surface area contributed by atoms with Gasteiger partial charge in [-0.25, -0.2) is 4.39 Å². The first kappa shape index (κ1) is 14.8. The zero-order valence-electron chi connectivity index (χ0n) is 9.84. The Bertz CT molecular complexity index is 604. The van der Waals surface area contributed by atoms with Crippen LogP contribution in [0, 0.1) is 5.82 Å². The molecule has 0 aliphatic heterocycles. The van der Waals surface area contributed by atoms with Gasteiger partial charge in [0.2, 0.25) is 0 Å². The molecule has 0 saturated heterocycles. The second kappa shape index (κ2) is 6.23. The number of halogens is 4. The molecule has 19 heavy (non-hydrogen) atoms. The molecule has 0 saturated carbocycles. The van der Waals surface area contributed by atoms with Crippen LogP contribution in [0.15, 0.2) is 40.9 Å². The summed E-state index contributed by atoms with van der Waals surface area (Å²) in [7, 11) is 0. The average Bonchev–Trinajstić information content (AvgIpc) is 2.35. The molecule has 0 aliphatic rings. The fourth-order valence-electron chi connectivity index (χ4n) is 1.83. The van der Waals surface area contributed by atoms with Crippen LogP contribution in [-0.4, -0.2) is 0 Å². The van der Waals surface area contributed by atoms with E-state index in [1.807, 2.05) is 12.1 Å². The molecule has 1 atom stereocenters. The Kier molecular flexibility index (Phi) is 4.85. The van der Waals surface area contributed by atoms with Crippen molar-refractivity contribution in [2.75, 3.05) is 0 Å². The fourth-order valence-corrected chi connectivity index (χ4v) is 2.76. The van der Waals surface area contributed by atoms with E-state index in [9.17, 15) is 4.39 Å². The van der Waals surface area contributed by atoms with Gasteiger partial charge in [0, 0.05) is 26.1 Å². The second-order valence-corrected chi connectivity index (χ2v) is 5.97. The minimum atomic E-state index is -0.489. The maximum Gasteiger partial charge on any atom is 0.128 e. The first-order valence-corrected chi connectivity index (χ1v) is 7.16. The molecular formula is C14H11BrCl2FN. The molecular weight excluding hydrogens is 352 g/mol. The summed E-state index contributed by atoms with van der Waals surface area (Å²) in [4.78, 5) is 0. The monoisotopic (exact) mass is 361 g/mol. The van der Waals surface area contributed by atoms with E-state index >= 15 is 0 Å². The lowest BCUT2D eigenvalue weighted by molar-refractivity contribution is 0.580. The second-order valence-electron chi connectivity index (χ2n) is 4.21. The smallest absolute Gasteiger partial charge is 0.128 e. The van der Waals surface area contributed by atoms with Crippen LogP contribution in [0.3, 0.4) is 0 Å². The zero-order chi connectivity index (χ0) is 14.0. The highest BCUT2D eigenvalue weighted by molar-refractivity contribution is 9.10. The van der Waals surface area contributed by atoms with Crippen molar-refractivity contribution in [3.63, 3.8) is 0 Å². The Morgan fingerprint density at radius 2 is 1.89 bits per heavy atom. The van der Waals surface area contributed by atoms with Gasteiger partial charge in [0.05, 0.1) is 0 Å². The van der Waals surface area contributed by atoms with Crippen molar-refractivity contribution in [3.8, 4) is 0 Å². The van der Waals surface area contributed by atoms with Crippen molar-refractivity contribution in [3.05, 3.63) is 67.9 Å². The number of hydrogen-bond acceptors (Lipinski definition) is 1. The van der Waals surface area contributed by atoms with Crippen LogP contribution in [0.5, 0.6) is 0 Å². The topological polar surface area (TPSA) is 26.0 Å². The molecule has 0 spiro atoms. The third-order valence-corrected chi connectivity index (χ3v) is 3.89. The maximum absolute atomic E-state index is 13.7. The summed E-state index contributed by atoms with van der Waals surface area (Å²) in [6, 6.07) is 9.42. The summed E-state index contributed by atoms with van der Waals surface area (Å²) < 4.78 is 14.6.